The van der Waals surface area contributed by atoms with E-state index in [2.05, 4.69) is 37.1 Å². The fourth-order valence-corrected chi connectivity index (χ4v) is 3.31. The van der Waals surface area contributed by atoms with Crippen molar-refractivity contribution >= 4 is 39.3 Å². The Morgan fingerprint density at radius 3 is 2.48 bits per heavy atom. The number of benzene rings is 2. The van der Waals surface area contributed by atoms with E-state index in [0.717, 1.165) is 23.0 Å². The molecule has 8 nitrogen and oxygen atoms in total. The molecule has 3 N–H and O–H groups in total. The Labute approximate surface area is 179 Å². The molecule has 4 rings (SSSR count). The van der Waals surface area contributed by atoms with Gasteiger partial charge in [0.25, 0.3) is 11.8 Å². The molecule has 3 aromatic rings. The van der Waals surface area contributed by atoms with Crippen molar-refractivity contribution < 1.29 is 14.7 Å². The summed E-state index contributed by atoms with van der Waals surface area (Å²) in [6.07, 6.45) is 1.87. The van der Waals surface area contributed by atoms with Gasteiger partial charge in [-0.25, -0.2) is 4.68 Å². The molecule has 0 saturated heterocycles. The maximum atomic E-state index is 12.6. The minimum atomic E-state index is -0.702. The predicted molar refractivity (Wildman–Crippen MR) is 109 cm³/mol. The van der Waals surface area contributed by atoms with Crippen LogP contribution in [0.4, 0.5) is 0 Å². The van der Waals surface area contributed by atoms with Crippen LogP contribution in [0.25, 0.3) is 5.69 Å². The number of carbonyl (C=O) groups is 2. The number of amides is 2. The largest absolute Gasteiger partial charge is 0.507 e. The SMILES string of the molecule is O=C(NNC(=O)c1nnn(-c2ccc(Br)cc2)c1C1CC1)c1cc(Cl)ccc1O. The van der Waals surface area contributed by atoms with Crippen LogP contribution in [0.2, 0.25) is 5.02 Å². The van der Waals surface area contributed by atoms with Crippen molar-refractivity contribution in [2.75, 3.05) is 0 Å². The number of aromatic hydroxyl groups is 1. The van der Waals surface area contributed by atoms with E-state index in [1.54, 1.807) is 4.68 Å². The molecular formula is C19H15BrClN5O3. The van der Waals surface area contributed by atoms with Gasteiger partial charge in [0.05, 0.1) is 16.9 Å². The summed E-state index contributed by atoms with van der Waals surface area (Å²) in [4.78, 5) is 24.9. The Hall–Kier alpha value is -2.91. The molecule has 2 aromatic carbocycles. The topological polar surface area (TPSA) is 109 Å². The van der Waals surface area contributed by atoms with Crippen molar-refractivity contribution in [2.45, 2.75) is 18.8 Å². The monoisotopic (exact) mass is 475 g/mol. The minimum Gasteiger partial charge on any atom is -0.507 e. The first-order valence-electron chi connectivity index (χ1n) is 8.75. The van der Waals surface area contributed by atoms with E-state index in [-0.39, 0.29) is 27.9 Å². The predicted octanol–water partition coefficient (Wildman–Crippen LogP) is 3.34. The zero-order valence-electron chi connectivity index (χ0n) is 14.9. The minimum absolute atomic E-state index is 0.0567. The lowest BCUT2D eigenvalue weighted by Gasteiger charge is -2.09. The number of halogens is 2. The highest BCUT2D eigenvalue weighted by atomic mass is 79.9. The molecule has 10 heteroatoms. The molecule has 1 aromatic heterocycles. The Kier molecular flexibility index (Phi) is 5.25. The Balaban J connectivity index is 1.54. The van der Waals surface area contributed by atoms with E-state index in [1.165, 1.54) is 18.2 Å². The van der Waals surface area contributed by atoms with Gasteiger partial charge in [-0.05, 0) is 55.3 Å². The standard InChI is InChI=1S/C19H15BrClN5O3/c20-11-3-6-13(7-4-11)26-17(10-1-2-10)16(22-25-26)19(29)24-23-18(28)14-9-12(21)5-8-15(14)27/h3-10,27H,1-2H2,(H,23,28)(H,24,29). The molecule has 29 heavy (non-hydrogen) atoms. The second-order valence-electron chi connectivity index (χ2n) is 6.56. The fourth-order valence-electron chi connectivity index (χ4n) is 2.88. The molecule has 0 unspecified atom stereocenters. The molecule has 2 amide bonds. The van der Waals surface area contributed by atoms with E-state index in [9.17, 15) is 14.7 Å². The van der Waals surface area contributed by atoms with E-state index in [4.69, 9.17) is 11.6 Å². The maximum absolute atomic E-state index is 12.6. The summed E-state index contributed by atoms with van der Waals surface area (Å²) in [5.74, 6) is -1.36. The van der Waals surface area contributed by atoms with Gasteiger partial charge in [-0.3, -0.25) is 20.4 Å². The van der Waals surface area contributed by atoms with Gasteiger partial charge in [0.15, 0.2) is 5.69 Å². The number of phenolic OH excluding ortho intramolecular Hbond substituents is 1. The number of hydrazine groups is 1. The molecule has 0 aliphatic heterocycles. The van der Waals surface area contributed by atoms with Crippen molar-refractivity contribution in [2.24, 2.45) is 0 Å². The molecule has 1 fully saturated rings. The molecule has 0 bridgehead atoms. The average molecular weight is 477 g/mol. The highest BCUT2D eigenvalue weighted by molar-refractivity contribution is 9.10. The van der Waals surface area contributed by atoms with Gasteiger partial charge in [0.1, 0.15) is 5.75 Å². The number of carbonyl (C=O) groups excluding carboxylic acids is 2. The number of aromatic nitrogens is 3. The van der Waals surface area contributed by atoms with Crippen LogP contribution in [0, 0.1) is 0 Å². The summed E-state index contributed by atoms with van der Waals surface area (Å²) in [6.45, 7) is 0. The number of rotatable bonds is 4. The summed E-state index contributed by atoms with van der Waals surface area (Å²) >= 11 is 9.24. The summed E-state index contributed by atoms with van der Waals surface area (Å²) in [6, 6.07) is 11.6. The van der Waals surface area contributed by atoms with Gasteiger partial charge in [0.2, 0.25) is 0 Å². The molecule has 0 radical (unpaired) electrons. The van der Waals surface area contributed by atoms with Gasteiger partial charge < -0.3 is 5.11 Å². The summed E-state index contributed by atoms with van der Waals surface area (Å²) in [5, 5.41) is 18.2. The second kappa shape index (κ2) is 7.84. The van der Waals surface area contributed by atoms with Crippen LogP contribution in [0.3, 0.4) is 0 Å². The van der Waals surface area contributed by atoms with Crippen molar-refractivity contribution in [1.82, 2.24) is 25.8 Å². The quantitative estimate of drug-likeness (QED) is 0.500. The van der Waals surface area contributed by atoms with E-state index >= 15 is 0 Å². The van der Waals surface area contributed by atoms with E-state index < -0.39 is 11.8 Å². The zero-order chi connectivity index (χ0) is 20.5. The molecule has 0 spiro atoms. The van der Waals surface area contributed by atoms with Crippen molar-refractivity contribution in [1.29, 1.82) is 0 Å². The van der Waals surface area contributed by atoms with E-state index in [1.807, 2.05) is 24.3 Å². The fraction of sp³-hybridized carbons (Fsp3) is 0.158. The number of hydrogen-bond acceptors (Lipinski definition) is 5. The third-order valence-corrected chi connectivity index (χ3v) is 5.21. The van der Waals surface area contributed by atoms with Crippen LogP contribution >= 0.6 is 27.5 Å². The highest BCUT2D eigenvalue weighted by Gasteiger charge is 2.34. The highest BCUT2D eigenvalue weighted by Crippen LogP contribution is 2.42. The number of nitrogens with zero attached hydrogens (tertiary/aromatic N) is 3. The Bertz CT molecular complexity index is 1100. The third-order valence-electron chi connectivity index (χ3n) is 4.45. The van der Waals surface area contributed by atoms with Crippen molar-refractivity contribution in [3.63, 3.8) is 0 Å². The maximum Gasteiger partial charge on any atom is 0.292 e. The van der Waals surface area contributed by atoms with Gasteiger partial charge in [-0.1, -0.05) is 32.7 Å². The normalized spacial score (nSPS) is 13.2. The first kappa shape index (κ1) is 19.4. The summed E-state index contributed by atoms with van der Waals surface area (Å²) in [5.41, 5.74) is 6.17. The average Bonchev–Trinajstić information content (AvgIpc) is 3.46. The zero-order valence-corrected chi connectivity index (χ0v) is 17.2. The van der Waals surface area contributed by atoms with E-state index in [0.29, 0.717) is 5.69 Å². The van der Waals surface area contributed by atoms with Crippen LogP contribution in [0.1, 0.15) is 45.3 Å². The Morgan fingerprint density at radius 2 is 1.79 bits per heavy atom. The van der Waals surface area contributed by atoms with Crippen LogP contribution in [0.15, 0.2) is 46.9 Å². The van der Waals surface area contributed by atoms with Gasteiger partial charge in [-0.15, -0.1) is 5.10 Å². The second-order valence-corrected chi connectivity index (χ2v) is 7.91. The lowest BCUT2D eigenvalue weighted by molar-refractivity contribution is 0.0841. The van der Waals surface area contributed by atoms with Crippen LogP contribution in [-0.4, -0.2) is 31.9 Å². The van der Waals surface area contributed by atoms with Gasteiger partial charge in [0, 0.05) is 15.4 Å². The number of nitrogens with one attached hydrogen (secondary N) is 2. The smallest absolute Gasteiger partial charge is 0.292 e. The van der Waals surface area contributed by atoms with Crippen molar-refractivity contribution in [3.05, 3.63) is 68.9 Å². The lowest BCUT2D eigenvalue weighted by Crippen LogP contribution is -2.42. The van der Waals surface area contributed by atoms with Crippen LogP contribution in [0.5, 0.6) is 5.75 Å². The molecule has 1 heterocycles. The van der Waals surface area contributed by atoms with Gasteiger partial charge in [-0.2, -0.15) is 0 Å². The number of phenols is 1. The third kappa shape index (κ3) is 4.10. The van der Waals surface area contributed by atoms with Gasteiger partial charge >= 0.3 is 0 Å². The summed E-state index contributed by atoms with van der Waals surface area (Å²) in [7, 11) is 0. The first-order valence-corrected chi connectivity index (χ1v) is 9.92. The molecule has 1 aliphatic carbocycles. The summed E-state index contributed by atoms with van der Waals surface area (Å²) < 4.78 is 2.57. The first-order chi connectivity index (χ1) is 13.9. The van der Waals surface area contributed by atoms with Crippen molar-refractivity contribution in [3.8, 4) is 11.4 Å². The molecule has 1 aliphatic rings. The molecule has 1 saturated carbocycles. The molecule has 148 valence electrons. The van der Waals surface area contributed by atoms with Crippen LogP contribution in [-0.2, 0) is 0 Å². The molecule has 0 atom stereocenters. The molecular weight excluding hydrogens is 462 g/mol. The lowest BCUT2D eigenvalue weighted by atomic mass is 10.2. The Morgan fingerprint density at radius 1 is 1.10 bits per heavy atom. The number of hydrogen-bond donors (Lipinski definition) is 3. The van der Waals surface area contributed by atoms with Crippen LogP contribution < -0.4 is 10.9 Å².